The number of phenolic OH excluding ortho intramolecular Hbond substituents is 1. The Morgan fingerprint density at radius 1 is 1.00 bits per heavy atom. The highest BCUT2D eigenvalue weighted by atomic mass is 35.5. The Kier molecular flexibility index (Phi) is 4.81. The van der Waals surface area contributed by atoms with Gasteiger partial charge in [0.1, 0.15) is 5.75 Å². The number of ketones is 2. The van der Waals surface area contributed by atoms with E-state index in [2.05, 4.69) is 4.90 Å². The normalized spacial score (nSPS) is 20.9. The third kappa shape index (κ3) is 2.90. The predicted molar refractivity (Wildman–Crippen MR) is 105 cm³/mol. The number of hydrogen-bond donors (Lipinski definition) is 1. The summed E-state index contributed by atoms with van der Waals surface area (Å²) < 4.78 is 0. The van der Waals surface area contributed by atoms with Gasteiger partial charge in [-0.2, -0.15) is 0 Å². The van der Waals surface area contributed by atoms with Crippen molar-refractivity contribution in [1.82, 2.24) is 4.90 Å². The van der Waals surface area contributed by atoms with Crippen LogP contribution in [0.15, 0.2) is 34.7 Å². The summed E-state index contributed by atoms with van der Waals surface area (Å²) in [5.74, 6) is -0.610. The molecule has 2 aliphatic carbocycles. The first-order chi connectivity index (χ1) is 12.9. The van der Waals surface area contributed by atoms with Gasteiger partial charge in [0.15, 0.2) is 11.6 Å². The molecule has 4 nitrogen and oxygen atoms in total. The molecule has 6 heteroatoms. The Morgan fingerprint density at radius 2 is 1.56 bits per heavy atom. The van der Waals surface area contributed by atoms with Crippen LogP contribution >= 0.6 is 23.2 Å². The number of phenols is 1. The van der Waals surface area contributed by atoms with E-state index in [4.69, 9.17) is 23.2 Å². The van der Waals surface area contributed by atoms with E-state index in [1.165, 1.54) is 6.07 Å². The lowest BCUT2D eigenvalue weighted by atomic mass is 9.70. The topological polar surface area (TPSA) is 57.6 Å². The molecular weight excluding hydrogens is 385 g/mol. The molecule has 0 unspecified atom stereocenters. The predicted octanol–water partition coefficient (Wildman–Crippen LogP) is 5.13. The first-order valence-corrected chi connectivity index (χ1v) is 10.2. The number of halogens is 2. The summed E-state index contributed by atoms with van der Waals surface area (Å²) in [5, 5.41) is 11.2. The maximum absolute atomic E-state index is 13.0. The molecule has 1 aromatic rings. The summed E-state index contributed by atoms with van der Waals surface area (Å²) >= 11 is 12.4. The van der Waals surface area contributed by atoms with Crippen molar-refractivity contribution in [1.29, 1.82) is 0 Å². The van der Waals surface area contributed by atoms with Crippen LogP contribution in [0.25, 0.3) is 0 Å². The Balaban J connectivity index is 2.03. The summed E-state index contributed by atoms with van der Waals surface area (Å²) in [6.07, 6.45) is 4.12. The molecule has 3 aliphatic rings. The summed E-state index contributed by atoms with van der Waals surface area (Å²) in [7, 11) is 0. The molecule has 0 aromatic heterocycles. The molecule has 0 radical (unpaired) electrons. The van der Waals surface area contributed by atoms with Gasteiger partial charge in [-0.25, -0.2) is 0 Å². The van der Waals surface area contributed by atoms with E-state index < -0.39 is 5.92 Å². The Hall–Kier alpha value is -1.78. The van der Waals surface area contributed by atoms with Crippen molar-refractivity contribution in [2.45, 2.75) is 51.4 Å². The maximum Gasteiger partial charge on any atom is 0.161 e. The van der Waals surface area contributed by atoms with Crippen LogP contribution in [-0.2, 0) is 9.59 Å². The molecular formula is C21H21Cl2NO3. The average Bonchev–Trinajstić information content (AvgIpc) is 2.63. The van der Waals surface area contributed by atoms with Gasteiger partial charge >= 0.3 is 0 Å². The molecule has 1 aliphatic heterocycles. The highest BCUT2D eigenvalue weighted by Gasteiger charge is 2.43. The molecule has 0 bridgehead atoms. The standard InChI is InChI=1S/C21H21Cl2NO3/c1-2-24-14-5-3-7-16(25)19(14)18(20-15(24)6-4-8-17(20)26)12-9-11(22)10-13(23)21(12)27/h9-10,18,27H,2-8H2,1H3. The van der Waals surface area contributed by atoms with Crippen molar-refractivity contribution in [3.05, 3.63) is 50.3 Å². The molecule has 4 rings (SSSR count). The Morgan fingerprint density at radius 3 is 2.07 bits per heavy atom. The second-order valence-corrected chi connectivity index (χ2v) is 8.12. The van der Waals surface area contributed by atoms with Crippen LogP contribution in [0.4, 0.5) is 0 Å². The molecule has 1 N–H and O–H groups in total. The van der Waals surface area contributed by atoms with E-state index in [0.29, 0.717) is 41.1 Å². The van der Waals surface area contributed by atoms with Crippen molar-refractivity contribution in [2.75, 3.05) is 6.54 Å². The molecule has 1 heterocycles. The maximum atomic E-state index is 13.0. The molecule has 0 atom stereocenters. The van der Waals surface area contributed by atoms with Crippen LogP contribution in [0.5, 0.6) is 5.75 Å². The zero-order valence-electron chi connectivity index (χ0n) is 15.1. The first-order valence-electron chi connectivity index (χ1n) is 9.42. The fourth-order valence-electron chi connectivity index (χ4n) is 4.72. The van der Waals surface area contributed by atoms with Crippen LogP contribution in [0.2, 0.25) is 10.0 Å². The van der Waals surface area contributed by atoms with Crippen molar-refractivity contribution < 1.29 is 14.7 Å². The molecule has 142 valence electrons. The minimum absolute atomic E-state index is 0.0418. The molecule has 0 saturated heterocycles. The summed E-state index contributed by atoms with van der Waals surface area (Å²) in [4.78, 5) is 28.1. The number of Topliss-reactive ketones (excluding diaryl/α,β-unsaturated/α-hetero) is 2. The van der Waals surface area contributed by atoms with E-state index in [1.54, 1.807) is 6.07 Å². The van der Waals surface area contributed by atoms with E-state index in [9.17, 15) is 14.7 Å². The largest absolute Gasteiger partial charge is 0.506 e. The fourth-order valence-corrected chi connectivity index (χ4v) is 5.22. The van der Waals surface area contributed by atoms with Crippen LogP contribution in [0.1, 0.15) is 56.9 Å². The van der Waals surface area contributed by atoms with Gasteiger partial charge in [0.25, 0.3) is 0 Å². The van der Waals surface area contributed by atoms with Gasteiger partial charge in [-0.15, -0.1) is 0 Å². The summed E-state index contributed by atoms with van der Waals surface area (Å²) in [6.45, 7) is 2.76. The van der Waals surface area contributed by atoms with Gasteiger partial charge in [0.2, 0.25) is 0 Å². The van der Waals surface area contributed by atoms with E-state index in [-0.39, 0.29) is 22.3 Å². The minimum Gasteiger partial charge on any atom is -0.506 e. The fraction of sp³-hybridized carbons (Fsp3) is 0.429. The van der Waals surface area contributed by atoms with Crippen molar-refractivity contribution in [2.24, 2.45) is 0 Å². The summed E-state index contributed by atoms with van der Waals surface area (Å²) in [5.41, 5.74) is 3.69. The van der Waals surface area contributed by atoms with Gasteiger partial charge in [0.05, 0.1) is 5.02 Å². The van der Waals surface area contributed by atoms with Gasteiger partial charge in [0, 0.05) is 58.4 Å². The second-order valence-electron chi connectivity index (χ2n) is 7.28. The minimum atomic E-state index is -0.588. The van der Waals surface area contributed by atoms with Crippen molar-refractivity contribution >= 4 is 34.8 Å². The molecule has 0 spiro atoms. The number of benzene rings is 1. The SMILES string of the molecule is CCN1C2=C(C(=O)CCC2)C(c2cc(Cl)cc(Cl)c2O)C2=C1CCCC2=O. The van der Waals surface area contributed by atoms with E-state index in [1.807, 2.05) is 6.92 Å². The lowest BCUT2D eigenvalue weighted by molar-refractivity contribution is -0.117. The molecule has 27 heavy (non-hydrogen) atoms. The number of carbonyl (C=O) groups excluding carboxylic acids is 2. The lowest BCUT2D eigenvalue weighted by Gasteiger charge is -2.43. The van der Waals surface area contributed by atoms with Gasteiger partial charge < -0.3 is 10.0 Å². The molecule has 0 amide bonds. The quantitative estimate of drug-likeness (QED) is 0.740. The van der Waals surface area contributed by atoms with Gasteiger partial charge in [-0.1, -0.05) is 23.2 Å². The van der Waals surface area contributed by atoms with E-state index >= 15 is 0 Å². The van der Waals surface area contributed by atoms with Gasteiger partial charge in [-0.05, 0) is 44.7 Å². The van der Waals surface area contributed by atoms with Crippen LogP contribution in [-0.4, -0.2) is 28.1 Å². The average molecular weight is 406 g/mol. The first kappa shape index (κ1) is 18.6. The number of carbonyl (C=O) groups is 2. The molecule has 0 fully saturated rings. The van der Waals surface area contributed by atoms with Crippen LogP contribution < -0.4 is 0 Å². The number of nitrogens with zero attached hydrogens (tertiary/aromatic N) is 1. The van der Waals surface area contributed by atoms with Crippen LogP contribution in [0, 0.1) is 0 Å². The highest BCUT2D eigenvalue weighted by molar-refractivity contribution is 6.35. The monoisotopic (exact) mass is 405 g/mol. The van der Waals surface area contributed by atoms with E-state index in [0.717, 1.165) is 37.1 Å². The highest BCUT2D eigenvalue weighted by Crippen LogP contribution is 2.51. The second kappa shape index (κ2) is 6.99. The molecule has 0 saturated carbocycles. The smallest absolute Gasteiger partial charge is 0.161 e. The number of rotatable bonds is 2. The van der Waals surface area contributed by atoms with Crippen molar-refractivity contribution in [3.63, 3.8) is 0 Å². The van der Waals surface area contributed by atoms with Crippen LogP contribution in [0.3, 0.4) is 0 Å². The number of allylic oxidation sites excluding steroid dienone is 4. The van der Waals surface area contributed by atoms with Crippen molar-refractivity contribution in [3.8, 4) is 5.75 Å². The molecule has 1 aromatic carbocycles. The summed E-state index contributed by atoms with van der Waals surface area (Å²) in [6, 6.07) is 3.10. The number of hydrogen-bond acceptors (Lipinski definition) is 4. The zero-order chi connectivity index (χ0) is 19.3. The van der Waals surface area contributed by atoms with Gasteiger partial charge in [-0.3, -0.25) is 9.59 Å². The Labute approximate surface area is 168 Å². The third-order valence-corrected chi connectivity index (χ3v) is 6.28. The zero-order valence-corrected chi connectivity index (χ0v) is 16.7. The Bertz CT molecular complexity index is 872. The number of aromatic hydroxyl groups is 1. The lowest BCUT2D eigenvalue weighted by Crippen LogP contribution is -2.39. The third-order valence-electron chi connectivity index (χ3n) is 5.77.